The monoisotopic (exact) mass is 547 g/mol. The van der Waals surface area contributed by atoms with Gasteiger partial charge in [-0.25, -0.2) is 4.79 Å². The minimum Gasteiger partial charge on any atom is -0.465 e. The number of ether oxygens (including phenoxy) is 2. The molecule has 6 rings (SSSR count). The van der Waals surface area contributed by atoms with E-state index in [1.54, 1.807) is 18.3 Å². The number of aromatic nitrogens is 1. The summed E-state index contributed by atoms with van der Waals surface area (Å²) in [7, 11) is 1.36. The predicted octanol–water partition coefficient (Wildman–Crippen LogP) is 7.10. The van der Waals surface area contributed by atoms with Gasteiger partial charge in [0.1, 0.15) is 29.1 Å². The minimum absolute atomic E-state index is 0.241. The summed E-state index contributed by atoms with van der Waals surface area (Å²) in [5, 5.41) is 4.02. The van der Waals surface area contributed by atoms with Crippen LogP contribution in [0.25, 0.3) is 11.3 Å². The number of carbonyl (C=O) groups excluding carboxylic acids is 1. The molecule has 5 aromatic rings. The summed E-state index contributed by atoms with van der Waals surface area (Å²) in [6.45, 7) is 0. The van der Waals surface area contributed by atoms with E-state index in [2.05, 4.69) is 10.3 Å². The number of hydrogen-bond acceptors (Lipinski definition) is 6. The second kappa shape index (κ2) is 11.0. The Hall–Kier alpha value is -4.95. The molecule has 7 nitrogen and oxygen atoms in total. The summed E-state index contributed by atoms with van der Waals surface area (Å²) < 4.78 is 17.2. The van der Waals surface area contributed by atoms with Crippen molar-refractivity contribution in [1.29, 1.82) is 0 Å². The molecule has 1 aliphatic heterocycles. The van der Waals surface area contributed by atoms with Crippen LogP contribution in [0.4, 0.5) is 5.69 Å². The molecular weight excluding hydrogens is 522 g/mol. The Labute approximate surface area is 237 Å². The van der Waals surface area contributed by atoms with Crippen LogP contribution < -0.4 is 15.0 Å². The molecule has 0 spiro atoms. The first kappa shape index (κ1) is 25.3. The predicted molar refractivity (Wildman–Crippen MR) is 156 cm³/mol. The van der Waals surface area contributed by atoms with E-state index in [4.69, 9.17) is 26.1 Å². The second-order valence-electron chi connectivity index (χ2n) is 9.18. The number of esters is 1. The molecular formula is C32H25N3O4S. The molecule has 0 unspecified atom stereocenters. The molecule has 0 saturated carbocycles. The van der Waals surface area contributed by atoms with E-state index in [1.807, 2.05) is 102 Å². The highest BCUT2D eigenvalue weighted by Gasteiger charge is 2.42. The fourth-order valence-corrected chi connectivity index (χ4v) is 5.12. The van der Waals surface area contributed by atoms with Gasteiger partial charge in [-0.3, -0.25) is 4.98 Å². The number of rotatable bonds is 7. The van der Waals surface area contributed by atoms with Crippen LogP contribution in [-0.4, -0.2) is 23.2 Å². The maximum Gasteiger partial charge on any atom is 0.337 e. The van der Waals surface area contributed by atoms with Crippen molar-refractivity contribution in [3.8, 4) is 22.8 Å². The average molecular weight is 548 g/mol. The Bertz CT molecular complexity index is 1620. The van der Waals surface area contributed by atoms with E-state index in [0.29, 0.717) is 16.4 Å². The van der Waals surface area contributed by atoms with Gasteiger partial charge in [-0.2, -0.15) is 0 Å². The summed E-state index contributed by atoms with van der Waals surface area (Å²) in [6.07, 6.45) is 1.77. The molecule has 0 amide bonds. The number of pyridine rings is 1. The number of carbonyl (C=O) groups is 1. The fourth-order valence-electron chi connectivity index (χ4n) is 4.78. The lowest BCUT2D eigenvalue weighted by Crippen LogP contribution is -2.29. The van der Waals surface area contributed by atoms with Gasteiger partial charge in [0.25, 0.3) is 0 Å². The SMILES string of the molecule is COC(=O)c1ccc(-c2ccc([C@@H]3[C@@H](c4ccccn4)NC(=S)N3c3ccc(Oc4ccccc4)cc3)o2)cc1. The standard InChI is InChI=1S/C32H25N3O4S/c1-37-31(36)22-12-10-21(11-13-22)27-18-19-28(39-27)30-29(26-9-5-6-20-33-26)34-32(40)35(30)23-14-16-25(17-15-23)38-24-7-3-2-4-8-24/h2-20,29-30H,1H3,(H,34,40)/t29-,30-/m1/s1. The lowest BCUT2D eigenvalue weighted by atomic mass is 10.0. The fraction of sp³-hybridized carbons (Fsp3) is 0.0938. The summed E-state index contributed by atoms with van der Waals surface area (Å²) in [5.41, 5.74) is 3.06. The lowest BCUT2D eigenvalue weighted by Gasteiger charge is -2.26. The van der Waals surface area contributed by atoms with Crippen molar-refractivity contribution < 1.29 is 18.7 Å². The molecule has 2 atom stereocenters. The van der Waals surface area contributed by atoms with Crippen LogP contribution in [0.3, 0.4) is 0 Å². The molecule has 1 N–H and O–H groups in total. The number of anilines is 1. The Morgan fingerprint density at radius 2 is 1.60 bits per heavy atom. The van der Waals surface area contributed by atoms with Gasteiger partial charge in [-0.15, -0.1) is 0 Å². The minimum atomic E-state index is -0.383. The third kappa shape index (κ3) is 5.04. The molecule has 1 aliphatic rings. The van der Waals surface area contributed by atoms with E-state index in [-0.39, 0.29) is 18.1 Å². The third-order valence-corrected chi connectivity index (χ3v) is 7.02. The molecule has 40 heavy (non-hydrogen) atoms. The van der Waals surface area contributed by atoms with Crippen molar-refractivity contribution in [3.63, 3.8) is 0 Å². The topological polar surface area (TPSA) is 76.8 Å². The quantitative estimate of drug-likeness (QED) is 0.171. The molecule has 3 heterocycles. The third-order valence-electron chi connectivity index (χ3n) is 6.70. The van der Waals surface area contributed by atoms with Crippen molar-refractivity contribution in [1.82, 2.24) is 10.3 Å². The smallest absolute Gasteiger partial charge is 0.337 e. The number of furan rings is 1. The number of thiocarbonyl (C=S) groups is 1. The molecule has 0 radical (unpaired) electrons. The molecule has 8 heteroatoms. The van der Waals surface area contributed by atoms with Crippen LogP contribution in [0.2, 0.25) is 0 Å². The highest BCUT2D eigenvalue weighted by atomic mass is 32.1. The maximum absolute atomic E-state index is 11.8. The zero-order valence-corrected chi connectivity index (χ0v) is 22.4. The van der Waals surface area contributed by atoms with Gasteiger partial charge in [0.05, 0.1) is 24.4 Å². The van der Waals surface area contributed by atoms with Gasteiger partial charge in [0.2, 0.25) is 0 Å². The Morgan fingerprint density at radius 3 is 2.30 bits per heavy atom. The van der Waals surface area contributed by atoms with Crippen molar-refractivity contribution in [2.45, 2.75) is 12.1 Å². The number of methoxy groups -OCH3 is 1. The van der Waals surface area contributed by atoms with Gasteiger partial charge in [-0.05, 0) is 85.0 Å². The van der Waals surface area contributed by atoms with Crippen molar-refractivity contribution in [3.05, 3.63) is 132 Å². The summed E-state index contributed by atoms with van der Waals surface area (Å²) in [6, 6.07) is 33.7. The Morgan fingerprint density at radius 1 is 0.875 bits per heavy atom. The van der Waals surface area contributed by atoms with E-state index in [9.17, 15) is 4.79 Å². The molecule has 0 aliphatic carbocycles. The zero-order valence-electron chi connectivity index (χ0n) is 21.6. The van der Waals surface area contributed by atoms with Crippen LogP contribution in [0.15, 0.2) is 120 Å². The van der Waals surface area contributed by atoms with Crippen molar-refractivity contribution in [2.75, 3.05) is 12.0 Å². The van der Waals surface area contributed by atoms with Gasteiger partial charge in [-0.1, -0.05) is 36.4 Å². The summed E-state index contributed by atoms with van der Waals surface area (Å²) >= 11 is 5.84. The van der Waals surface area contributed by atoms with E-state index in [1.165, 1.54) is 7.11 Å². The van der Waals surface area contributed by atoms with Gasteiger partial charge >= 0.3 is 5.97 Å². The molecule has 0 bridgehead atoms. The van der Waals surface area contributed by atoms with Gasteiger partial charge in [0, 0.05) is 17.4 Å². The molecule has 2 aromatic heterocycles. The normalized spacial score (nSPS) is 16.4. The van der Waals surface area contributed by atoms with E-state index < -0.39 is 0 Å². The molecule has 1 fully saturated rings. The first-order valence-electron chi connectivity index (χ1n) is 12.7. The Kier molecular flexibility index (Phi) is 6.99. The number of hydrogen-bond donors (Lipinski definition) is 1. The Balaban J connectivity index is 1.33. The van der Waals surface area contributed by atoms with Crippen LogP contribution in [0, 0.1) is 0 Å². The van der Waals surface area contributed by atoms with Crippen LogP contribution in [-0.2, 0) is 4.74 Å². The highest BCUT2D eigenvalue weighted by Crippen LogP contribution is 2.43. The highest BCUT2D eigenvalue weighted by molar-refractivity contribution is 7.80. The molecule has 198 valence electrons. The first-order chi connectivity index (χ1) is 19.6. The van der Waals surface area contributed by atoms with Crippen LogP contribution in [0.1, 0.15) is 33.9 Å². The average Bonchev–Trinajstić information content (AvgIpc) is 3.63. The zero-order chi connectivity index (χ0) is 27.5. The van der Waals surface area contributed by atoms with Crippen LogP contribution >= 0.6 is 12.2 Å². The van der Waals surface area contributed by atoms with Crippen molar-refractivity contribution in [2.24, 2.45) is 0 Å². The van der Waals surface area contributed by atoms with Gasteiger partial charge < -0.3 is 24.1 Å². The summed E-state index contributed by atoms with van der Waals surface area (Å²) in [5.74, 6) is 2.51. The second-order valence-corrected chi connectivity index (χ2v) is 9.56. The number of nitrogens with one attached hydrogen (secondary N) is 1. The number of benzene rings is 3. The van der Waals surface area contributed by atoms with Gasteiger partial charge in [0.15, 0.2) is 5.11 Å². The van der Waals surface area contributed by atoms with Crippen LogP contribution in [0.5, 0.6) is 11.5 Å². The summed E-state index contributed by atoms with van der Waals surface area (Å²) in [4.78, 5) is 18.5. The maximum atomic E-state index is 11.8. The number of para-hydroxylation sites is 1. The largest absolute Gasteiger partial charge is 0.465 e. The lowest BCUT2D eigenvalue weighted by molar-refractivity contribution is 0.0600. The van der Waals surface area contributed by atoms with E-state index >= 15 is 0 Å². The molecule has 1 saturated heterocycles. The first-order valence-corrected chi connectivity index (χ1v) is 13.1. The number of nitrogens with zero attached hydrogens (tertiary/aromatic N) is 2. The van der Waals surface area contributed by atoms with E-state index in [0.717, 1.165) is 34.2 Å². The molecule has 3 aromatic carbocycles. The van der Waals surface area contributed by atoms with Crippen molar-refractivity contribution >= 4 is 29.0 Å².